The second-order valence-electron chi connectivity index (χ2n) is 8.93. The average molecular weight is 437 g/mol. The van der Waals surface area contributed by atoms with Crippen LogP contribution in [0.3, 0.4) is 0 Å². The molecule has 0 saturated carbocycles. The van der Waals surface area contributed by atoms with Crippen LogP contribution >= 0.6 is 0 Å². The molecule has 3 aromatic rings. The first-order valence-corrected chi connectivity index (χ1v) is 11.3. The number of piperidine rings is 1. The van der Waals surface area contributed by atoms with Crippen molar-refractivity contribution < 1.29 is 20.1 Å². The van der Waals surface area contributed by atoms with Gasteiger partial charge in [0.1, 0.15) is 18.5 Å². The molecule has 2 heterocycles. The largest absolute Gasteiger partial charge is 0.491 e. The minimum Gasteiger partial charge on any atom is -0.491 e. The van der Waals surface area contributed by atoms with E-state index >= 15 is 0 Å². The topological polar surface area (TPSA) is 86.1 Å². The van der Waals surface area contributed by atoms with E-state index in [1.165, 1.54) is 0 Å². The number of fused-ring (bicyclic) bond motifs is 1. The Balaban J connectivity index is 1.39. The average Bonchev–Trinajstić information content (AvgIpc) is 2.82. The van der Waals surface area contributed by atoms with Crippen LogP contribution in [0.2, 0.25) is 0 Å². The Morgan fingerprint density at radius 3 is 2.41 bits per heavy atom. The number of likely N-dealkylation sites (tertiary alicyclic amines) is 1. The molecule has 1 aliphatic heterocycles. The molecule has 1 unspecified atom stereocenters. The van der Waals surface area contributed by atoms with Crippen LogP contribution in [-0.4, -0.2) is 70.8 Å². The van der Waals surface area contributed by atoms with Gasteiger partial charge in [0.15, 0.2) is 0 Å². The van der Waals surface area contributed by atoms with Crippen LogP contribution in [0.5, 0.6) is 5.75 Å². The van der Waals surface area contributed by atoms with Crippen molar-refractivity contribution in [2.45, 2.75) is 19.4 Å². The van der Waals surface area contributed by atoms with Crippen molar-refractivity contribution in [1.82, 2.24) is 9.88 Å². The van der Waals surface area contributed by atoms with E-state index in [9.17, 15) is 15.3 Å². The molecule has 0 radical (unpaired) electrons. The van der Waals surface area contributed by atoms with Crippen LogP contribution in [0.15, 0.2) is 54.7 Å². The van der Waals surface area contributed by atoms with E-state index in [1.807, 2.05) is 37.4 Å². The lowest BCUT2D eigenvalue weighted by molar-refractivity contribution is 0.0155. The number of benzene rings is 2. The fraction of sp³-hybridized carbons (Fsp3) is 0.423. The second-order valence-corrected chi connectivity index (χ2v) is 8.93. The molecule has 0 bridgehead atoms. The maximum absolute atomic E-state index is 10.5. The number of β-amino-alcohol motifs (C(OH)–C–C–N with tert-alkyl or cyclic N) is 1. The van der Waals surface area contributed by atoms with Gasteiger partial charge in [0, 0.05) is 44.7 Å². The monoisotopic (exact) mass is 436 g/mol. The number of nitrogens with zero attached hydrogens (tertiary/aromatic N) is 2. The molecule has 2 aromatic carbocycles. The van der Waals surface area contributed by atoms with Gasteiger partial charge in [-0.1, -0.05) is 18.2 Å². The molecule has 1 aliphatic rings. The van der Waals surface area contributed by atoms with Crippen LogP contribution in [0.4, 0.5) is 0 Å². The van der Waals surface area contributed by atoms with Crippen molar-refractivity contribution in [2.24, 2.45) is 11.8 Å². The number of hydrogen-bond acceptors (Lipinski definition) is 6. The maximum atomic E-state index is 10.5. The van der Waals surface area contributed by atoms with Crippen LogP contribution in [0, 0.1) is 18.8 Å². The summed E-state index contributed by atoms with van der Waals surface area (Å²) < 4.78 is 5.90. The fourth-order valence-electron chi connectivity index (χ4n) is 4.60. The lowest BCUT2D eigenvalue weighted by Gasteiger charge is -2.37. The van der Waals surface area contributed by atoms with Gasteiger partial charge in [-0.25, -0.2) is 0 Å². The minimum absolute atomic E-state index is 0.109. The van der Waals surface area contributed by atoms with Gasteiger partial charge in [-0.05, 0) is 77.4 Å². The molecular weight excluding hydrogens is 404 g/mol. The number of pyridine rings is 1. The Morgan fingerprint density at radius 2 is 1.69 bits per heavy atom. The summed E-state index contributed by atoms with van der Waals surface area (Å²) in [6, 6.07) is 16.4. The molecule has 3 N–H and O–H groups in total. The van der Waals surface area contributed by atoms with Crippen molar-refractivity contribution in [3.63, 3.8) is 0 Å². The molecule has 0 amide bonds. The van der Waals surface area contributed by atoms with Crippen molar-refractivity contribution in [1.29, 1.82) is 0 Å². The first-order valence-electron chi connectivity index (χ1n) is 11.3. The first-order chi connectivity index (χ1) is 15.5. The Kier molecular flexibility index (Phi) is 7.37. The second kappa shape index (κ2) is 10.4. The summed E-state index contributed by atoms with van der Waals surface area (Å²) in [5.74, 6) is 1.01. The number of aliphatic hydroxyl groups is 3. The zero-order chi connectivity index (χ0) is 22.5. The van der Waals surface area contributed by atoms with Crippen molar-refractivity contribution in [3.8, 4) is 16.9 Å². The first kappa shape index (κ1) is 22.7. The van der Waals surface area contributed by atoms with Crippen LogP contribution in [0.25, 0.3) is 21.9 Å². The summed E-state index contributed by atoms with van der Waals surface area (Å²) in [6.45, 7) is 4.33. The summed E-state index contributed by atoms with van der Waals surface area (Å²) in [7, 11) is 0. The molecular formula is C26H32N2O4. The smallest absolute Gasteiger partial charge is 0.120 e. The van der Waals surface area contributed by atoms with E-state index in [0.717, 1.165) is 52.9 Å². The quantitative estimate of drug-likeness (QED) is 0.504. The summed E-state index contributed by atoms with van der Waals surface area (Å²) in [6.07, 6.45) is 2.01. The van der Waals surface area contributed by atoms with Crippen LogP contribution in [0.1, 0.15) is 12.1 Å². The Bertz CT molecular complexity index is 1030. The van der Waals surface area contributed by atoms with E-state index in [1.54, 1.807) is 0 Å². The third-order valence-electron chi connectivity index (χ3n) is 6.17. The van der Waals surface area contributed by atoms with Gasteiger partial charge < -0.3 is 20.1 Å². The summed E-state index contributed by atoms with van der Waals surface area (Å²) in [5.41, 5.74) is 3.24. The standard InChI is InChI=1S/C26H32N2O4/c1-18-8-23(6-7-27-18)22-3-2-21-4-5-26(11-24(21)10-22)32-17-25(31)14-28-12-19(15-29)9-20(13-28)16-30/h2-8,10-11,19-20,25,29-31H,9,12-17H2,1H3/t19-,20+,25?. The molecule has 0 aliphatic carbocycles. The zero-order valence-electron chi connectivity index (χ0n) is 18.5. The molecule has 6 nitrogen and oxygen atoms in total. The number of hydrogen-bond donors (Lipinski definition) is 3. The number of ether oxygens (including phenoxy) is 1. The highest BCUT2D eigenvalue weighted by Crippen LogP contribution is 2.27. The molecule has 0 spiro atoms. The Labute approximate surface area is 189 Å². The third kappa shape index (κ3) is 5.64. The third-order valence-corrected chi connectivity index (χ3v) is 6.17. The van der Waals surface area contributed by atoms with E-state index in [4.69, 9.17) is 4.74 Å². The normalized spacial score (nSPS) is 20.4. The van der Waals surface area contributed by atoms with Crippen molar-refractivity contribution in [3.05, 3.63) is 60.4 Å². The number of aromatic nitrogens is 1. The van der Waals surface area contributed by atoms with Crippen molar-refractivity contribution in [2.75, 3.05) is 39.5 Å². The van der Waals surface area contributed by atoms with Crippen LogP contribution < -0.4 is 4.74 Å². The lowest BCUT2D eigenvalue weighted by atomic mass is 9.90. The number of aryl methyl sites for hydroxylation is 1. The van der Waals surface area contributed by atoms with Gasteiger partial charge in [-0.2, -0.15) is 0 Å². The molecule has 170 valence electrons. The molecule has 6 heteroatoms. The molecule has 1 fully saturated rings. The highest BCUT2D eigenvalue weighted by molar-refractivity contribution is 5.88. The Hall–Kier alpha value is -2.51. The predicted octanol–water partition coefficient (Wildman–Crippen LogP) is 2.87. The SMILES string of the molecule is Cc1cc(-c2ccc3ccc(OCC(O)CN4C[C@H](CO)C[C@H](CO)C4)cc3c2)ccn1. The van der Waals surface area contributed by atoms with Gasteiger partial charge in [0.2, 0.25) is 0 Å². The molecule has 1 saturated heterocycles. The van der Waals surface area contributed by atoms with Crippen LogP contribution in [-0.2, 0) is 0 Å². The van der Waals surface area contributed by atoms with E-state index in [0.29, 0.717) is 6.54 Å². The van der Waals surface area contributed by atoms with Gasteiger partial charge in [0.25, 0.3) is 0 Å². The summed E-state index contributed by atoms with van der Waals surface area (Å²) in [5, 5.41) is 31.7. The predicted molar refractivity (Wildman–Crippen MR) is 126 cm³/mol. The van der Waals surface area contributed by atoms with E-state index in [2.05, 4.69) is 34.1 Å². The molecule has 1 aromatic heterocycles. The zero-order valence-corrected chi connectivity index (χ0v) is 18.5. The summed E-state index contributed by atoms with van der Waals surface area (Å²) in [4.78, 5) is 6.38. The molecule has 4 rings (SSSR count). The van der Waals surface area contributed by atoms with Gasteiger partial charge in [-0.3, -0.25) is 9.88 Å². The highest BCUT2D eigenvalue weighted by Gasteiger charge is 2.27. The van der Waals surface area contributed by atoms with Gasteiger partial charge in [-0.15, -0.1) is 0 Å². The van der Waals surface area contributed by atoms with Gasteiger partial charge in [0.05, 0.1) is 0 Å². The Morgan fingerprint density at radius 1 is 0.969 bits per heavy atom. The number of rotatable bonds is 8. The lowest BCUT2D eigenvalue weighted by Crippen LogP contribution is -2.46. The van der Waals surface area contributed by atoms with E-state index < -0.39 is 6.10 Å². The van der Waals surface area contributed by atoms with Crippen molar-refractivity contribution >= 4 is 10.8 Å². The van der Waals surface area contributed by atoms with E-state index in [-0.39, 0.29) is 31.7 Å². The molecule has 3 atom stereocenters. The maximum Gasteiger partial charge on any atom is 0.120 e. The molecule has 32 heavy (non-hydrogen) atoms. The van der Waals surface area contributed by atoms with Gasteiger partial charge >= 0.3 is 0 Å². The number of aliphatic hydroxyl groups excluding tert-OH is 3. The summed E-state index contributed by atoms with van der Waals surface area (Å²) >= 11 is 0. The minimum atomic E-state index is -0.645. The fourth-order valence-corrected chi connectivity index (χ4v) is 4.60. The highest BCUT2D eigenvalue weighted by atomic mass is 16.5.